The Hall–Kier alpha value is -2.01. The number of ether oxygens (including phenoxy) is 1. The molecule has 1 saturated heterocycles. The molecule has 10 heteroatoms. The Kier molecular flexibility index (Phi) is 6.04. The van der Waals surface area contributed by atoms with Gasteiger partial charge in [-0.3, -0.25) is 4.90 Å². The standard InChI is InChI=1S/C18H17F4NO4S/c19-15-8-6-14(7-9-15)16-17(27-28(24,25)18(20,21)22)26-11-10-23(16)12-13-4-2-1-3-5-13/h1-9,16-17H,10-12H2/t16-,17-/m0/s1. The third-order valence-electron chi connectivity index (χ3n) is 4.26. The van der Waals surface area contributed by atoms with Crippen LogP contribution < -0.4 is 0 Å². The molecule has 0 spiro atoms. The van der Waals surface area contributed by atoms with Crippen molar-refractivity contribution in [2.24, 2.45) is 0 Å². The van der Waals surface area contributed by atoms with Crippen LogP contribution in [0.2, 0.25) is 0 Å². The Bertz CT molecular complexity index is 888. The smallest absolute Gasteiger partial charge is 0.348 e. The number of morpholine rings is 1. The number of benzene rings is 2. The summed E-state index contributed by atoms with van der Waals surface area (Å²) in [4.78, 5) is 1.74. The molecule has 0 aromatic heterocycles. The number of nitrogens with zero attached hydrogens (tertiary/aromatic N) is 1. The van der Waals surface area contributed by atoms with Gasteiger partial charge in [0.1, 0.15) is 5.82 Å². The van der Waals surface area contributed by atoms with Crippen LogP contribution in [0.25, 0.3) is 0 Å². The molecule has 2 aromatic carbocycles. The van der Waals surface area contributed by atoms with E-state index in [9.17, 15) is 26.0 Å². The van der Waals surface area contributed by atoms with Crippen molar-refractivity contribution >= 4 is 10.1 Å². The molecular weight excluding hydrogens is 402 g/mol. The average Bonchev–Trinajstić information content (AvgIpc) is 2.63. The summed E-state index contributed by atoms with van der Waals surface area (Å²) in [5, 5.41) is 0. The molecule has 0 saturated carbocycles. The molecule has 2 atom stereocenters. The molecule has 0 unspecified atom stereocenters. The van der Waals surface area contributed by atoms with Crippen LogP contribution in [0.3, 0.4) is 0 Å². The number of alkyl halides is 3. The molecule has 1 heterocycles. The van der Waals surface area contributed by atoms with E-state index in [1.165, 1.54) is 12.1 Å². The van der Waals surface area contributed by atoms with Gasteiger partial charge in [-0.15, -0.1) is 0 Å². The summed E-state index contributed by atoms with van der Waals surface area (Å²) in [6.07, 6.45) is -1.73. The predicted octanol–water partition coefficient (Wildman–Crippen LogP) is 3.59. The second-order valence-corrected chi connectivity index (χ2v) is 7.75. The molecule has 2 aromatic rings. The molecule has 0 N–H and O–H groups in total. The van der Waals surface area contributed by atoms with Gasteiger partial charge >= 0.3 is 15.6 Å². The van der Waals surface area contributed by atoms with E-state index >= 15 is 0 Å². The van der Waals surface area contributed by atoms with Crippen molar-refractivity contribution in [3.8, 4) is 0 Å². The number of rotatable bonds is 5. The van der Waals surface area contributed by atoms with Gasteiger partial charge in [-0.25, -0.2) is 8.57 Å². The Labute approximate surface area is 159 Å². The van der Waals surface area contributed by atoms with Gasteiger partial charge < -0.3 is 4.74 Å². The van der Waals surface area contributed by atoms with Crippen LogP contribution in [0.4, 0.5) is 17.6 Å². The lowest BCUT2D eigenvalue weighted by Crippen LogP contribution is -2.47. The zero-order valence-electron chi connectivity index (χ0n) is 14.5. The molecule has 0 amide bonds. The van der Waals surface area contributed by atoms with Gasteiger partial charge in [-0.05, 0) is 23.3 Å². The fourth-order valence-corrected chi connectivity index (χ4v) is 3.49. The zero-order valence-corrected chi connectivity index (χ0v) is 15.3. The SMILES string of the molecule is O=S(=O)(O[C@@H]1OCCN(Cc2ccccc2)[C@H]1c1ccc(F)cc1)C(F)(F)F. The molecular formula is C18H17F4NO4S. The minimum Gasteiger partial charge on any atom is -0.348 e. The lowest BCUT2D eigenvalue weighted by Gasteiger charge is -2.40. The Morgan fingerprint density at radius 2 is 1.71 bits per heavy atom. The van der Waals surface area contributed by atoms with E-state index in [-0.39, 0.29) is 6.61 Å². The van der Waals surface area contributed by atoms with Crippen molar-refractivity contribution in [1.82, 2.24) is 4.90 Å². The molecule has 152 valence electrons. The molecule has 0 bridgehead atoms. The minimum atomic E-state index is -5.87. The van der Waals surface area contributed by atoms with Crippen molar-refractivity contribution in [3.05, 3.63) is 71.5 Å². The highest BCUT2D eigenvalue weighted by Crippen LogP contribution is 2.35. The maximum atomic E-state index is 13.3. The Morgan fingerprint density at radius 1 is 1.07 bits per heavy atom. The van der Waals surface area contributed by atoms with Crippen LogP contribution in [0.15, 0.2) is 54.6 Å². The third kappa shape index (κ3) is 4.69. The fraction of sp³-hybridized carbons (Fsp3) is 0.333. The van der Waals surface area contributed by atoms with Crippen LogP contribution in [0.5, 0.6) is 0 Å². The lowest BCUT2D eigenvalue weighted by atomic mass is 10.0. The summed E-state index contributed by atoms with van der Waals surface area (Å²) in [5.41, 5.74) is -4.33. The van der Waals surface area contributed by atoms with Crippen LogP contribution in [-0.4, -0.2) is 38.3 Å². The van der Waals surface area contributed by atoms with Gasteiger partial charge in [0.2, 0.25) is 0 Å². The van der Waals surface area contributed by atoms with Crippen molar-refractivity contribution in [3.63, 3.8) is 0 Å². The molecule has 1 fully saturated rings. The molecule has 1 aliphatic rings. The van der Waals surface area contributed by atoms with Crippen LogP contribution in [-0.2, 0) is 25.6 Å². The number of halogens is 4. The van der Waals surface area contributed by atoms with Crippen LogP contribution >= 0.6 is 0 Å². The second kappa shape index (κ2) is 8.16. The fourth-order valence-electron chi connectivity index (χ4n) is 2.97. The average molecular weight is 419 g/mol. The van der Waals surface area contributed by atoms with Gasteiger partial charge in [0.05, 0.1) is 12.6 Å². The van der Waals surface area contributed by atoms with Crippen molar-refractivity contribution < 1.29 is 34.9 Å². The van der Waals surface area contributed by atoms with Gasteiger partial charge in [0, 0.05) is 13.1 Å². The molecule has 0 aliphatic carbocycles. The molecule has 3 rings (SSSR count). The van der Waals surface area contributed by atoms with Crippen LogP contribution in [0, 0.1) is 5.82 Å². The summed E-state index contributed by atoms with van der Waals surface area (Å²) < 4.78 is 84.3. The topological polar surface area (TPSA) is 55.8 Å². The monoisotopic (exact) mass is 419 g/mol. The highest BCUT2D eigenvalue weighted by Gasteiger charge is 2.51. The Morgan fingerprint density at radius 3 is 2.32 bits per heavy atom. The van der Waals surface area contributed by atoms with Gasteiger partial charge in [0.25, 0.3) is 0 Å². The summed E-state index contributed by atoms with van der Waals surface area (Å²) in [6.45, 7) is 0.615. The highest BCUT2D eigenvalue weighted by atomic mass is 32.2. The van der Waals surface area contributed by atoms with Crippen molar-refractivity contribution in [1.29, 1.82) is 0 Å². The van der Waals surface area contributed by atoms with E-state index in [0.717, 1.165) is 17.7 Å². The van der Waals surface area contributed by atoms with Crippen LogP contribution in [0.1, 0.15) is 17.2 Å². The molecule has 5 nitrogen and oxygen atoms in total. The quantitative estimate of drug-likeness (QED) is 0.421. The van der Waals surface area contributed by atoms with Crippen molar-refractivity contribution in [2.45, 2.75) is 24.4 Å². The van der Waals surface area contributed by atoms with E-state index in [2.05, 4.69) is 4.18 Å². The normalized spacial score (nSPS) is 21.6. The zero-order chi connectivity index (χ0) is 20.4. The van der Waals surface area contributed by atoms with Gasteiger partial charge in [-0.1, -0.05) is 42.5 Å². The first-order chi connectivity index (χ1) is 13.2. The highest BCUT2D eigenvalue weighted by molar-refractivity contribution is 7.87. The molecule has 0 radical (unpaired) electrons. The third-order valence-corrected chi connectivity index (χ3v) is 5.27. The van der Waals surface area contributed by atoms with E-state index in [0.29, 0.717) is 18.7 Å². The maximum absolute atomic E-state index is 13.3. The first-order valence-electron chi connectivity index (χ1n) is 8.32. The first kappa shape index (κ1) is 20.7. The van der Waals surface area contributed by atoms with E-state index in [1.54, 1.807) is 4.90 Å². The predicted molar refractivity (Wildman–Crippen MR) is 91.8 cm³/mol. The maximum Gasteiger partial charge on any atom is 0.523 e. The summed E-state index contributed by atoms with van der Waals surface area (Å²) in [6, 6.07) is 13.1. The minimum absolute atomic E-state index is 0.0252. The van der Waals surface area contributed by atoms with E-state index < -0.39 is 33.8 Å². The summed E-state index contributed by atoms with van der Waals surface area (Å²) in [5.74, 6) is -0.532. The van der Waals surface area contributed by atoms with Gasteiger partial charge in [0.15, 0.2) is 6.29 Å². The largest absolute Gasteiger partial charge is 0.523 e. The molecule has 1 aliphatic heterocycles. The summed E-state index contributed by atoms with van der Waals surface area (Å²) in [7, 11) is -5.87. The van der Waals surface area contributed by atoms with Gasteiger partial charge in [-0.2, -0.15) is 21.6 Å². The molecule has 28 heavy (non-hydrogen) atoms. The first-order valence-corrected chi connectivity index (χ1v) is 9.73. The summed E-state index contributed by atoms with van der Waals surface area (Å²) >= 11 is 0. The Balaban J connectivity index is 1.94. The number of hydrogen-bond donors (Lipinski definition) is 0. The lowest BCUT2D eigenvalue weighted by molar-refractivity contribution is -0.174. The van der Waals surface area contributed by atoms with E-state index in [4.69, 9.17) is 4.74 Å². The second-order valence-electron chi connectivity index (χ2n) is 6.19. The van der Waals surface area contributed by atoms with Crippen molar-refractivity contribution in [2.75, 3.05) is 13.2 Å². The van der Waals surface area contributed by atoms with E-state index in [1.807, 2.05) is 30.3 Å². The number of hydrogen-bond acceptors (Lipinski definition) is 5.